The highest BCUT2D eigenvalue weighted by Crippen LogP contribution is 2.30. The van der Waals surface area contributed by atoms with Gasteiger partial charge in [-0.1, -0.05) is 84.9 Å². The van der Waals surface area contributed by atoms with E-state index in [-0.39, 0.29) is 5.97 Å². The van der Waals surface area contributed by atoms with Crippen LogP contribution >= 0.6 is 0 Å². The Morgan fingerprint density at radius 3 is 2.05 bits per heavy atom. The minimum atomic E-state index is -0.261. The fourth-order valence-corrected chi connectivity index (χ4v) is 5.78. The van der Waals surface area contributed by atoms with E-state index in [2.05, 4.69) is 90.2 Å². The van der Waals surface area contributed by atoms with Crippen molar-refractivity contribution < 1.29 is 9.53 Å². The van der Waals surface area contributed by atoms with Gasteiger partial charge in [0.2, 0.25) is 0 Å². The van der Waals surface area contributed by atoms with Crippen LogP contribution in [0.2, 0.25) is 0 Å². The van der Waals surface area contributed by atoms with Gasteiger partial charge < -0.3 is 10.1 Å². The summed E-state index contributed by atoms with van der Waals surface area (Å²) >= 11 is 0. The first-order chi connectivity index (χ1) is 19.2. The molecule has 0 saturated carbocycles. The van der Waals surface area contributed by atoms with E-state index in [4.69, 9.17) is 4.74 Å². The number of fused-ring (bicyclic) bond motifs is 1. The molecule has 4 aromatic carbocycles. The number of carbonyl (C=O) groups is 1. The molecule has 0 heterocycles. The average molecular weight is 518 g/mol. The van der Waals surface area contributed by atoms with Crippen LogP contribution < -0.4 is 5.32 Å². The van der Waals surface area contributed by atoms with E-state index in [1.165, 1.54) is 46.1 Å². The van der Waals surface area contributed by atoms with E-state index < -0.39 is 0 Å². The number of ether oxygens (including phenoxy) is 1. The summed E-state index contributed by atoms with van der Waals surface area (Å²) in [5.41, 5.74) is 10.3. The van der Waals surface area contributed by atoms with Crippen molar-refractivity contribution >= 4 is 5.97 Å². The highest BCUT2D eigenvalue weighted by Gasteiger charge is 2.21. The second-order valence-corrected chi connectivity index (χ2v) is 10.6. The minimum Gasteiger partial charge on any atom is -0.465 e. The summed E-state index contributed by atoms with van der Waals surface area (Å²) in [6, 6.07) is 35.2. The predicted octanol–water partition coefficient (Wildman–Crippen LogP) is 7.25. The molecule has 0 aliphatic heterocycles. The number of aryl methyl sites for hydroxylation is 5. The van der Waals surface area contributed by atoms with Gasteiger partial charge in [-0.3, -0.25) is 0 Å². The Hall–Kier alpha value is -3.69. The molecular weight excluding hydrogens is 478 g/mol. The van der Waals surface area contributed by atoms with Crippen LogP contribution in [-0.2, 0) is 43.3 Å². The Morgan fingerprint density at radius 1 is 0.744 bits per heavy atom. The van der Waals surface area contributed by atoms with Crippen molar-refractivity contribution in [3.63, 3.8) is 0 Å². The van der Waals surface area contributed by atoms with Gasteiger partial charge in [-0.2, -0.15) is 0 Å². The second-order valence-electron chi connectivity index (χ2n) is 10.6. The molecule has 1 aliphatic carbocycles. The molecule has 0 saturated heterocycles. The second kappa shape index (κ2) is 13.4. The summed E-state index contributed by atoms with van der Waals surface area (Å²) in [6.45, 7) is 0.940. The number of hydrogen-bond donors (Lipinski definition) is 1. The zero-order valence-corrected chi connectivity index (χ0v) is 23.0. The highest BCUT2D eigenvalue weighted by molar-refractivity contribution is 5.89. The van der Waals surface area contributed by atoms with Crippen molar-refractivity contribution in [2.24, 2.45) is 0 Å². The van der Waals surface area contributed by atoms with Gasteiger partial charge >= 0.3 is 5.97 Å². The van der Waals surface area contributed by atoms with Crippen LogP contribution in [0.4, 0.5) is 0 Å². The van der Waals surface area contributed by atoms with Crippen LogP contribution in [0.15, 0.2) is 97.1 Å². The number of esters is 1. The van der Waals surface area contributed by atoms with Crippen molar-refractivity contribution in [1.29, 1.82) is 0 Å². The Bertz CT molecular complexity index is 1360. The lowest BCUT2D eigenvalue weighted by molar-refractivity contribution is 0.0600. The zero-order chi connectivity index (χ0) is 26.9. The zero-order valence-electron chi connectivity index (χ0n) is 23.0. The van der Waals surface area contributed by atoms with E-state index in [0.717, 1.165) is 57.9 Å². The van der Waals surface area contributed by atoms with Crippen LogP contribution in [0.3, 0.4) is 0 Å². The van der Waals surface area contributed by atoms with Crippen LogP contribution in [0.5, 0.6) is 0 Å². The molecule has 1 N–H and O–H groups in total. The molecular formula is C36H39NO2. The lowest BCUT2D eigenvalue weighted by Crippen LogP contribution is -2.27. The molecule has 1 aliphatic rings. The van der Waals surface area contributed by atoms with Crippen LogP contribution in [0.1, 0.15) is 68.2 Å². The summed E-state index contributed by atoms with van der Waals surface area (Å²) in [5, 5.41) is 3.80. The summed E-state index contributed by atoms with van der Waals surface area (Å²) in [7, 11) is 1.44. The van der Waals surface area contributed by atoms with Gasteiger partial charge in [-0.15, -0.1) is 0 Å². The van der Waals surface area contributed by atoms with Gasteiger partial charge in [-0.25, -0.2) is 4.79 Å². The standard InChI is InChI=1S/C36H39NO2/c1-39-36(38)33-22-23-34-32(26-33)12-7-13-35(34)37-25-24-31-11-6-5-10-30(31)21-20-29-18-16-28(17-19-29)15-14-27-8-3-2-4-9-27/h2-6,8-11,16-19,22-23,26,35,37H,7,12-15,20-21,24-25H2,1H3. The van der Waals surface area contributed by atoms with Gasteiger partial charge in [0, 0.05) is 6.04 Å². The Morgan fingerprint density at radius 2 is 1.36 bits per heavy atom. The fraction of sp³-hybridized carbons (Fsp3) is 0.306. The van der Waals surface area contributed by atoms with E-state index >= 15 is 0 Å². The normalized spacial score (nSPS) is 14.5. The molecule has 3 nitrogen and oxygen atoms in total. The van der Waals surface area contributed by atoms with Crippen LogP contribution in [-0.4, -0.2) is 19.6 Å². The van der Waals surface area contributed by atoms with Crippen molar-refractivity contribution in [2.45, 2.75) is 57.4 Å². The Labute approximate surface area is 233 Å². The Balaban J connectivity index is 1.13. The maximum atomic E-state index is 11.9. The molecule has 0 aromatic heterocycles. The number of benzene rings is 4. The summed E-state index contributed by atoms with van der Waals surface area (Å²) < 4.78 is 4.90. The average Bonchev–Trinajstić information content (AvgIpc) is 3.00. The third-order valence-electron chi connectivity index (χ3n) is 8.03. The first-order valence-electron chi connectivity index (χ1n) is 14.3. The monoisotopic (exact) mass is 517 g/mol. The van der Waals surface area contributed by atoms with E-state index in [1.54, 1.807) is 0 Å². The van der Waals surface area contributed by atoms with Crippen molar-refractivity contribution in [3.8, 4) is 0 Å². The summed E-state index contributed by atoms with van der Waals surface area (Å²) in [6.07, 6.45) is 8.59. The van der Waals surface area contributed by atoms with Crippen molar-refractivity contribution in [1.82, 2.24) is 5.32 Å². The van der Waals surface area contributed by atoms with Gasteiger partial charge in [0.1, 0.15) is 0 Å². The van der Waals surface area contributed by atoms with Crippen LogP contribution in [0.25, 0.3) is 0 Å². The van der Waals surface area contributed by atoms with E-state index in [9.17, 15) is 4.79 Å². The molecule has 0 spiro atoms. The molecule has 0 fully saturated rings. The Kier molecular flexibility index (Phi) is 9.24. The maximum Gasteiger partial charge on any atom is 0.337 e. The third kappa shape index (κ3) is 7.25. The number of carbonyl (C=O) groups excluding carboxylic acids is 1. The molecule has 5 rings (SSSR count). The minimum absolute atomic E-state index is 0.261. The van der Waals surface area contributed by atoms with Gasteiger partial charge in [0.15, 0.2) is 0 Å². The maximum absolute atomic E-state index is 11.9. The summed E-state index contributed by atoms with van der Waals surface area (Å²) in [4.78, 5) is 11.9. The third-order valence-corrected chi connectivity index (χ3v) is 8.03. The smallest absolute Gasteiger partial charge is 0.337 e. The number of rotatable bonds is 11. The topological polar surface area (TPSA) is 38.3 Å². The number of nitrogens with one attached hydrogen (secondary N) is 1. The SMILES string of the molecule is COC(=O)c1ccc2c(c1)CCCC2NCCc1ccccc1CCc1ccc(CCc2ccccc2)cc1. The highest BCUT2D eigenvalue weighted by atomic mass is 16.5. The molecule has 39 heavy (non-hydrogen) atoms. The van der Waals surface area contributed by atoms with E-state index in [0.29, 0.717) is 11.6 Å². The quantitative estimate of drug-likeness (QED) is 0.213. The summed E-state index contributed by atoms with van der Waals surface area (Å²) in [5.74, 6) is -0.261. The van der Waals surface area contributed by atoms with Crippen molar-refractivity contribution in [3.05, 3.63) is 142 Å². The van der Waals surface area contributed by atoms with Crippen molar-refractivity contribution in [2.75, 3.05) is 13.7 Å². The van der Waals surface area contributed by atoms with Crippen LogP contribution in [0, 0.1) is 0 Å². The largest absolute Gasteiger partial charge is 0.465 e. The number of methoxy groups -OCH3 is 1. The molecule has 0 bridgehead atoms. The predicted molar refractivity (Wildman–Crippen MR) is 159 cm³/mol. The molecule has 3 heteroatoms. The molecule has 4 aromatic rings. The lowest BCUT2D eigenvalue weighted by Gasteiger charge is -2.27. The number of hydrogen-bond acceptors (Lipinski definition) is 3. The fourth-order valence-electron chi connectivity index (χ4n) is 5.78. The first-order valence-corrected chi connectivity index (χ1v) is 14.3. The van der Waals surface area contributed by atoms with Gasteiger partial charge in [-0.05, 0) is 109 Å². The molecule has 1 atom stereocenters. The van der Waals surface area contributed by atoms with Gasteiger partial charge in [0.05, 0.1) is 12.7 Å². The van der Waals surface area contributed by atoms with E-state index in [1.807, 2.05) is 12.1 Å². The molecule has 0 radical (unpaired) electrons. The molecule has 200 valence electrons. The van der Waals surface area contributed by atoms with Gasteiger partial charge in [0.25, 0.3) is 0 Å². The first kappa shape index (κ1) is 26.9. The molecule has 0 amide bonds. The lowest BCUT2D eigenvalue weighted by atomic mass is 9.86. The molecule has 1 unspecified atom stereocenters.